The molecule has 8 N–H and O–H groups in total. The largest absolute Gasteiger partial charge is 0.496 e. The average Bonchev–Trinajstić information content (AvgIpc) is 1.60. The van der Waals surface area contributed by atoms with Crippen molar-refractivity contribution < 1.29 is 76.0 Å². The van der Waals surface area contributed by atoms with Crippen LogP contribution in [-0.4, -0.2) is 193 Å². The number of amides is 7. The van der Waals surface area contributed by atoms with Gasteiger partial charge in [0.05, 0.1) is 62.1 Å². The molecule has 1 fully saturated rings. The molecule has 0 unspecified atom stereocenters. The second kappa shape index (κ2) is 40.4. The molecule has 7 aromatic carbocycles. The van der Waals surface area contributed by atoms with Crippen molar-refractivity contribution >= 4 is 80.8 Å². The van der Waals surface area contributed by atoms with Crippen LogP contribution in [0.2, 0.25) is 5.02 Å². The quantitative estimate of drug-likeness (QED) is 0.00625. The van der Waals surface area contributed by atoms with E-state index in [0.717, 1.165) is 40.9 Å². The number of methoxy groups -OCH3 is 1. The normalized spacial score (nSPS) is 13.6. The van der Waals surface area contributed by atoms with Crippen LogP contribution in [0.3, 0.4) is 0 Å². The lowest BCUT2D eigenvalue weighted by Crippen LogP contribution is -2.57. The van der Waals surface area contributed by atoms with Crippen molar-refractivity contribution in [3.8, 4) is 67.2 Å². The fourth-order valence-electron chi connectivity index (χ4n) is 14.6. The number of aliphatic carboxylic acids is 1. The molecular formula is C87H93ClFN16O14S+. The number of hydrogen-bond acceptors (Lipinski definition) is 20. The van der Waals surface area contributed by atoms with E-state index in [1.807, 2.05) is 79.7 Å². The van der Waals surface area contributed by atoms with Gasteiger partial charge in [0.15, 0.2) is 5.82 Å². The Morgan fingerprint density at radius 3 is 2.21 bits per heavy atom. The monoisotopic (exact) mass is 1670 g/mol. The van der Waals surface area contributed by atoms with Gasteiger partial charge in [-0.15, -0.1) is 11.3 Å². The molecule has 4 heterocycles. The molecule has 3 aromatic heterocycles. The Morgan fingerprint density at radius 1 is 0.792 bits per heavy atom. The molecule has 120 heavy (non-hydrogen) atoms. The van der Waals surface area contributed by atoms with Gasteiger partial charge in [-0.05, 0) is 136 Å². The van der Waals surface area contributed by atoms with Crippen molar-refractivity contribution in [1.29, 1.82) is 0 Å². The maximum Gasteiger partial charge on any atom is 0.409 e. The Labute approximate surface area is 701 Å². The number of para-hydroxylation sites is 2. The van der Waals surface area contributed by atoms with Crippen LogP contribution in [-0.2, 0) is 54.8 Å². The van der Waals surface area contributed by atoms with Gasteiger partial charge in [0, 0.05) is 84.9 Å². The molecule has 1 aliphatic carbocycles. The Kier molecular flexibility index (Phi) is 29.1. The number of carboxylic acid groups (broad SMARTS) is 1. The molecule has 0 saturated carbocycles. The van der Waals surface area contributed by atoms with Gasteiger partial charge in [0.1, 0.15) is 79.2 Å². The minimum Gasteiger partial charge on any atom is -0.496 e. The number of carbonyl (C=O) groups is 7. The van der Waals surface area contributed by atoms with Crippen molar-refractivity contribution in [3.63, 3.8) is 0 Å². The number of carbonyl (C=O) groups excluding carboxylic acids is 6. The Bertz CT molecular complexity index is 5390. The average molecular weight is 1670 g/mol. The predicted octanol–water partition coefficient (Wildman–Crippen LogP) is 13.0. The molecule has 33 heteroatoms. The van der Waals surface area contributed by atoms with E-state index in [-0.39, 0.29) is 77.1 Å². The minimum atomic E-state index is -1.47. The number of hydrogen-bond donors (Lipinski definition) is 7. The first kappa shape index (κ1) is 86.3. The number of urea groups is 1. The van der Waals surface area contributed by atoms with E-state index in [2.05, 4.69) is 75.6 Å². The van der Waals surface area contributed by atoms with Crippen LogP contribution in [0, 0.1) is 18.7 Å². The third-order valence-electron chi connectivity index (χ3n) is 20.9. The summed E-state index contributed by atoms with van der Waals surface area (Å²) < 4.78 is 51.2. The Balaban J connectivity index is 0.728. The van der Waals surface area contributed by atoms with Gasteiger partial charge in [0.25, 0.3) is 0 Å². The van der Waals surface area contributed by atoms with Gasteiger partial charge in [0.2, 0.25) is 29.7 Å². The van der Waals surface area contributed by atoms with E-state index < -0.39 is 78.4 Å². The van der Waals surface area contributed by atoms with E-state index in [1.54, 1.807) is 94.9 Å². The summed E-state index contributed by atoms with van der Waals surface area (Å²) >= 11 is 8.65. The number of benzene rings is 7. The number of rotatable bonds is 37. The molecule has 30 nitrogen and oxygen atoms in total. The van der Waals surface area contributed by atoms with Gasteiger partial charge in [-0.25, -0.2) is 43.5 Å². The molecule has 10 aromatic rings. The first-order valence-corrected chi connectivity index (χ1v) is 40.2. The highest BCUT2D eigenvalue weighted by atomic mass is 35.5. The minimum absolute atomic E-state index is 0.00264. The number of nitrogens with two attached hydrogens (primary N) is 1. The predicted molar refractivity (Wildman–Crippen MR) is 451 cm³/mol. The molecule has 3 atom stereocenters. The number of alkyl carbamates (subject to hydrolysis) is 1. The van der Waals surface area contributed by atoms with E-state index in [4.69, 9.17) is 56.3 Å². The number of aromatic nitrogens is 4. The van der Waals surface area contributed by atoms with Crippen LogP contribution >= 0.6 is 22.9 Å². The number of carboxylic acids is 1. The number of nitrogens with zero attached hydrogens (tertiary/aromatic N) is 10. The zero-order chi connectivity index (χ0) is 85.0. The lowest BCUT2D eigenvalue weighted by atomic mass is 9.96. The molecular weight excluding hydrogens is 1580 g/mol. The number of primary amides is 1. The number of halogens is 2. The fraction of sp³-hybridized carbons (Fsp3) is 0.322. The molecule has 0 radical (unpaired) electrons. The summed E-state index contributed by atoms with van der Waals surface area (Å²) in [6.45, 7) is 8.79. The van der Waals surface area contributed by atoms with E-state index in [9.17, 15) is 43.1 Å². The van der Waals surface area contributed by atoms with Crippen LogP contribution < -0.4 is 51.3 Å². The molecule has 1 saturated heterocycles. The van der Waals surface area contributed by atoms with Crippen LogP contribution in [0.25, 0.3) is 64.7 Å². The zero-order valence-electron chi connectivity index (χ0n) is 67.0. The van der Waals surface area contributed by atoms with E-state index in [1.165, 1.54) is 34.7 Å². The molecule has 7 amide bonds. The number of thiophene rings is 1. The summed E-state index contributed by atoms with van der Waals surface area (Å²) in [5.41, 5.74) is 24.5. The van der Waals surface area contributed by atoms with Crippen molar-refractivity contribution in [3.05, 3.63) is 231 Å². The number of likely N-dealkylation sites (N-methyl/N-ethyl adjacent to an activating group) is 1. The fourth-order valence-corrected chi connectivity index (χ4v) is 15.9. The van der Waals surface area contributed by atoms with Crippen molar-refractivity contribution in [1.82, 2.24) is 51.0 Å². The number of azide groups is 1. The summed E-state index contributed by atoms with van der Waals surface area (Å²) in [6, 6.07) is 44.4. The molecule has 0 bridgehead atoms. The third-order valence-corrected chi connectivity index (χ3v) is 22.5. The molecule has 624 valence electrons. The van der Waals surface area contributed by atoms with Crippen molar-refractivity contribution in [2.75, 3.05) is 98.7 Å². The van der Waals surface area contributed by atoms with Gasteiger partial charge in [-0.1, -0.05) is 134 Å². The van der Waals surface area contributed by atoms with Gasteiger partial charge in [-0.3, -0.25) is 19.3 Å². The van der Waals surface area contributed by atoms with Crippen LogP contribution in [0.1, 0.15) is 71.7 Å². The lowest BCUT2D eigenvalue weighted by Gasteiger charge is -2.42. The van der Waals surface area contributed by atoms with Gasteiger partial charge in [-0.2, -0.15) is 0 Å². The number of anilines is 1. The number of quaternary nitrogens is 1. The number of ether oxygens (including phenoxy) is 6. The molecule has 0 spiro atoms. The van der Waals surface area contributed by atoms with Gasteiger partial charge < -0.3 is 75.2 Å². The molecule has 12 rings (SSSR count). The zero-order valence-corrected chi connectivity index (χ0v) is 68.6. The number of piperazine rings is 1. The van der Waals surface area contributed by atoms with Crippen LogP contribution in [0.15, 0.2) is 175 Å². The van der Waals surface area contributed by atoms with E-state index >= 15 is 0 Å². The highest BCUT2D eigenvalue weighted by Gasteiger charge is 2.35. The highest BCUT2D eigenvalue weighted by molar-refractivity contribution is 7.22. The second-order valence-corrected chi connectivity index (χ2v) is 31.0. The van der Waals surface area contributed by atoms with Crippen molar-refractivity contribution in [2.24, 2.45) is 16.8 Å². The topological polar surface area (TPSA) is 388 Å². The Hall–Kier alpha value is -13.0. The summed E-state index contributed by atoms with van der Waals surface area (Å²) in [7, 11) is 5.40. The maximum absolute atomic E-state index is 14.6. The molecule has 2 aliphatic rings. The molecule has 1 aliphatic heterocycles. The van der Waals surface area contributed by atoms with Crippen LogP contribution in [0.5, 0.6) is 23.1 Å². The third kappa shape index (κ3) is 21.8. The standard InChI is InChI=1S/C87H92ClFN16O14S/c1-52(2)77(101-73(106)46-94-86(112)116-42-36-97-102-91)81(108)100-68(22-15-34-93-85(90)111)80(107)99-59-30-27-56(57(44-59)47-103(4)87(113)118-50-67-64-19-10-8-17-62(64)63-18-9-11-20-65(63)67)48-105(5)40-37-104(38-41-105)39-43-115-71-32-31-61(53(3)76(71)88)74-75-82(95-51-96-83(75)120-78(74)54-25-28-58(89)29-26-54)119-72(84(109)110)45-55-16-7-13-23-69(55)117-49-60-33-35-92-79(98-60)66-21-12-14-24-70(66)114-6/h7-14,16-21,23-33,35,44,51-52,67-68,72,77H,15,22,34,36-43,45-50H2,1-6H3,(H7-,90,93,94,99,100,101,106,107,108,109,110,111,112)/p+1/t68-,72+,77-/m0/s1. The number of fused-ring (bicyclic) bond motifs is 4. The first-order chi connectivity index (χ1) is 57.9. The SMILES string of the molecule is COc1ccccc1-c1nccc(COc2ccccc2C[C@@H](Oc2ncnc3sc(-c4ccc(F)cc4)c(-c4ccc(OCCN5CC[N+](C)(Cc6ccc(NC(=O)[C@H](CCCNC(N)=O)NC(=O)[C@@H](NC(=O)CNC(=O)OCCN=[N+]=[N-])C(C)C)cc6CN(C)C(=O)OCC6c7ccccc7-c7ccccc76)CC5)c(Cl)c4C)c23)C(=O)O)n1. The first-order valence-electron chi connectivity index (χ1n) is 39.1. The summed E-state index contributed by atoms with van der Waals surface area (Å²) in [4.78, 5) is 119. The smallest absolute Gasteiger partial charge is 0.409 e. The maximum atomic E-state index is 14.6. The summed E-state index contributed by atoms with van der Waals surface area (Å²) in [5.74, 6) is -2.52. The summed E-state index contributed by atoms with van der Waals surface area (Å²) in [5, 5.41) is 28.1. The van der Waals surface area contributed by atoms with Gasteiger partial charge >= 0.3 is 24.2 Å². The van der Waals surface area contributed by atoms with E-state index in [0.29, 0.717) is 124 Å². The van der Waals surface area contributed by atoms with Crippen molar-refractivity contribution in [2.45, 2.75) is 83.8 Å². The lowest BCUT2D eigenvalue weighted by molar-refractivity contribution is -0.926. The summed E-state index contributed by atoms with van der Waals surface area (Å²) in [6.07, 6.45) is 0.0714. The second-order valence-electron chi connectivity index (χ2n) is 29.6. The highest BCUT2D eigenvalue weighted by Crippen LogP contribution is 2.50. The Morgan fingerprint density at radius 2 is 1.50 bits per heavy atom. The van der Waals surface area contributed by atoms with Crippen LogP contribution in [0.4, 0.5) is 24.5 Å². The number of nitrogens with one attached hydrogen (secondary N) is 5.